The van der Waals surface area contributed by atoms with E-state index in [1.165, 1.54) is 5.57 Å². The normalized spacial score (nSPS) is 14.1. The van der Waals surface area contributed by atoms with E-state index in [0.717, 1.165) is 24.3 Å². The Kier molecular flexibility index (Phi) is 5.67. The summed E-state index contributed by atoms with van der Waals surface area (Å²) < 4.78 is 5.56. The summed E-state index contributed by atoms with van der Waals surface area (Å²) >= 11 is 0. The third-order valence-corrected chi connectivity index (χ3v) is 4.24. The lowest BCUT2D eigenvalue weighted by atomic mass is 9.99. The summed E-state index contributed by atoms with van der Waals surface area (Å²) in [5.41, 5.74) is 2.33. The predicted molar refractivity (Wildman–Crippen MR) is 96.2 cm³/mol. The topological polar surface area (TPSA) is 62.7 Å². The SMILES string of the molecule is O=C(CCCOc1cccnc1)N1CC=C(c2ccc(O)cc2)CC1. The monoisotopic (exact) mass is 338 g/mol. The summed E-state index contributed by atoms with van der Waals surface area (Å²) in [4.78, 5) is 18.2. The fourth-order valence-corrected chi connectivity index (χ4v) is 2.84. The van der Waals surface area contributed by atoms with Gasteiger partial charge in [0.1, 0.15) is 11.5 Å². The number of hydrogen-bond acceptors (Lipinski definition) is 4. The number of pyridine rings is 1. The van der Waals surface area contributed by atoms with E-state index in [1.807, 2.05) is 29.2 Å². The van der Waals surface area contributed by atoms with Crippen LogP contribution in [0.15, 0.2) is 54.9 Å². The fourth-order valence-electron chi connectivity index (χ4n) is 2.84. The zero-order valence-corrected chi connectivity index (χ0v) is 14.1. The number of carbonyl (C=O) groups is 1. The highest BCUT2D eigenvalue weighted by atomic mass is 16.5. The zero-order chi connectivity index (χ0) is 17.5. The minimum Gasteiger partial charge on any atom is -0.508 e. The molecule has 25 heavy (non-hydrogen) atoms. The van der Waals surface area contributed by atoms with E-state index in [2.05, 4.69) is 11.1 Å². The summed E-state index contributed by atoms with van der Waals surface area (Å²) in [6, 6.07) is 10.9. The highest BCUT2D eigenvalue weighted by Gasteiger charge is 2.17. The summed E-state index contributed by atoms with van der Waals surface area (Å²) in [5, 5.41) is 9.36. The molecule has 1 N–H and O–H groups in total. The molecule has 0 radical (unpaired) electrons. The van der Waals surface area contributed by atoms with Crippen LogP contribution in [0.2, 0.25) is 0 Å². The molecule has 0 aliphatic carbocycles. The predicted octanol–water partition coefficient (Wildman–Crippen LogP) is 3.26. The largest absolute Gasteiger partial charge is 0.508 e. The number of aromatic hydroxyl groups is 1. The molecule has 1 aliphatic heterocycles. The van der Waals surface area contributed by atoms with Crippen molar-refractivity contribution in [2.75, 3.05) is 19.7 Å². The van der Waals surface area contributed by atoms with Gasteiger partial charge in [-0.05, 0) is 48.2 Å². The lowest BCUT2D eigenvalue weighted by molar-refractivity contribution is -0.131. The van der Waals surface area contributed by atoms with Crippen LogP contribution < -0.4 is 4.74 Å². The van der Waals surface area contributed by atoms with Crippen molar-refractivity contribution >= 4 is 11.5 Å². The lowest BCUT2D eigenvalue weighted by Gasteiger charge is -2.26. The molecule has 0 fully saturated rings. The Bertz CT molecular complexity index is 726. The van der Waals surface area contributed by atoms with Crippen LogP contribution in [0.1, 0.15) is 24.8 Å². The molecule has 1 aromatic heterocycles. The first kappa shape index (κ1) is 17.0. The molecule has 0 spiro atoms. The number of benzene rings is 1. The van der Waals surface area contributed by atoms with Gasteiger partial charge in [0, 0.05) is 25.7 Å². The van der Waals surface area contributed by atoms with Gasteiger partial charge >= 0.3 is 0 Å². The molecule has 1 amide bonds. The van der Waals surface area contributed by atoms with Gasteiger partial charge in [0.05, 0.1) is 12.8 Å². The van der Waals surface area contributed by atoms with Crippen molar-refractivity contribution < 1.29 is 14.6 Å². The Labute approximate surface area is 147 Å². The molecule has 0 atom stereocenters. The van der Waals surface area contributed by atoms with Crippen LogP contribution in [0.3, 0.4) is 0 Å². The third-order valence-electron chi connectivity index (χ3n) is 4.24. The summed E-state index contributed by atoms with van der Waals surface area (Å²) in [6.45, 7) is 1.88. The maximum Gasteiger partial charge on any atom is 0.222 e. The van der Waals surface area contributed by atoms with E-state index in [0.29, 0.717) is 26.0 Å². The molecule has 2 aromatic rings. The molecular formula is C20H22N2O3. The molecule has 1 aliphatic rings. The Morgan fingerprint density at radius 2 is 2.08 bits per heavy atom. The molecule has 1 aromatic carbocycles. The van der Waals surface area contributed by atoms with Gasteiger partial charge in [-0.25, -0.2) is 0 Å². The Morgan fingerprint density at radius 1 is 1.24 bits per heavy atom. The number of nitrogens with zero attached hydrogens (tertiary/aromatic N) is 2. The molecule has 0 saturated heterocycles. The lowest BCUT2D eigenvalue weighted by Crippen LogP contribution is -2.34. The molecule has 5 heteroatoms. The number of phenols is 1. The minimum atomic E-state index is 0.163. The molecule has 0 bridgehead atoms. The first-order valence-electron chi connectivity index (χ1n) is 8.51. The Morgan fingerprint density at radius 3 is 2.76 bits per heavy atom. The number of carbonyl (C=O) groups excluding carboxylic acids is 1. The van der Waals surface area contributed by atoms with Gasteiger partial charge < -0.3 is 14.7 Å². The van der Waals surface area contributed by atoms with Gasteiger partial charge in [-0.15, -0.1) is 0 Å². The van der Waals surface area contributed by atoms with Crippen LogP contribution in [-0.2, 0) is 4.79 Å². The van der Waals surface area contributed by atoms with Crippen molar-refractivity contribution in [1.82, 2.24) is 9.88 Å². The van der Waals surface area contributed by atoms with Crippen LogP contribution in [0, 0.1) is 0 Å². The van der Waals surface area contributed by atoms with E-state index in [-0.39, 0.29) is 11.7 Å². The molecule has 0 unspecified atom stereocenters. The fraction of sp³-hybridized carbons (Fsp3) is 0.300. The Balaban J connectivity index is 1.42. The summed E-state index contributed by atoms with van der Waals surface area (Å²) in [5.74, 6) is 1.16. The molecule has 130 valence electrons. The van der Waals surface area contributed by atoms with Gasteiger partial charge in [-0.1, -0.05) is 18.2 Å². The smallest absolute Gasteiger partial charge is 0.222 e. The van der Waals surface area contributed by atoms with Crippen molar-refractivity contribution in [2.24, 2.45) is 0 Å². The van der Waals surface area contributed by atoms with Gasteiger partial charge in [-0.3, -0.25) is 9.78 Å². The first-order valence-corrected chi connectivity index (χ1v) is 8.51. The summed E-state index contributed by atoms with van der Waals surface area (Å²) in [7, 11) is 0. The second-order valence-corrected chi connectivity index (χ2v) is 6.01. The van der Waals surface area contributed by atoms with Crippen LogP contribution in [-0.4, -0.2) is 40.6 Å². The van der Waals surface area contributed by atoms with Crippen molar-refractivity contribution in [3.8, 4) is 11.5 Å². The van der Waals surface area contributed by atoms with Crippen molar-refractivity contribution in [1.29, 1.82) is 0 Å². The molecule has 5 nitrogen and oxygen atoms in total. The molecule has 2 heterocycles. The molecule has 3 rings (SSSR count). The highest BCUT2D eigenvalue weighted by Crippen LogP contribution is 2.24. The van der Waals surface area contributed by atoms with E-state index in [9.17, 15) is 9.90 Å². The zero-order valence-electron chi connectivity index (χ0n) is 14.1. The maximum atomic E-state index is 12.3. The maximum absolute atomic E-state index is 12.3. The van der Waals surface area contributed by atoms with Gasteiger partial charge in [0.15, 0.2) is 0 Å². The number of hydrogen-bond donors (Lipinski definition) is 1. The highest BCUT2D eigenvalue weighted by molar-refractivity contribution is 5.78. The van der Waals surface area contributed by atoms with Crippen molar-refractivity contribution in [3.63, 3.8) is 0 Å². The van der Waals surface area contributed by atoms with Crippen LogP contribution >= 0.6 is 0 Å². The Hall–Kier alpha value is -2.82. The van der Waals surface area contributed by atoms with Crippen LogP contribution in [0.25, 0.3) is 5.57 Å². The number of ether oxygens (including phenoxy) is 1. The van der Waals surface area contributed by atoms with Crippen molar-refractivity contribution in [2.45, 2.75) is 19.3 Å². The van der Waals surface area contributed by atoms with Gasteiger partial charge in [0.25, 0.3) is 0 Å². The number of aromatic nitrogens is 1. The second-order valence-electron chi connectivity index (χ2n) is 6.01. The van der Waals surface area contributed by atoms with Crippen LogP contribution in [0.5, 0.6) is 11.5 Å². The van der Waals surface area contributed by atoms with E-state index < -0.39 is 0 Å². The third kappa shape index (κ3) is 4.83. The summed E-state index contributed by atoms with van der Waals surface area (Å²) in [6.07, 6.45) is 7.48. The minimum absolute atomic E-state index is 0.163. The van der Waals surface area contributed by atoms with E-state index in [4.69, 9.17) is 4.74 Å². The molecular weight excluding hydrogens is 316 g/mol. The standard InChI is InChI=1S/C20H22N2O3/c23-18-7-5-16(6-8-18)17-9-12-22(13-10-17)20(24)4-2-14-25-19-3-1-11-21-15-19/h1,3,5-9,11,15,23H,2,4,10,12-14H2. The second kappa shape index (κ2) is 8.33. The molecule has 0 saturated carbocycles. The quantitative estimate of drug-likeness (QED) is 0.821. The van der Waals surface area contributed by atoms with E-state index in [1.54, 1.807) is 24.5 Å². The first-order chi connectivity index (χ1) is 12.2. The average molecular weight is 338 g/mol. The van der Waals surface area contributed by atoms with Gasteiger partial charge in [-0.2, -0.15) is 0 Å². The van der Waals surface area contributed by atoms with E-state index >= 15 is 0 Å². The number of phenolic OH excluding ortho intramolecular Hbond substituents is 1. The average Bonchev–Trinajstić information content (AvgIpc) is 2.67. The number of amides is 1. The number of rotatable bonds is 6. The van der Waals surface area contributed by atoms with Crippen LogP contribution in [0.4, 0.5) is 0 Å². The van der Waals surface area contributed by atoms with Crippen molar-refractivity contribution in [3.05, 3.63) is 60.4 Å². The van der Waals surface area contributed by atoms with Gasteiger partial charge in [0.2, 0.25) is 5.91 Å².